The van der Waals surface area contributed by atoms with Crippen molar-refractivity contribution in [3.05, 3.63) is 24.3 Å². The number of amidine groups is 1. The summed E-state index contributed by atoms with van der Waals surface area (Å²) in [7, 11) is 3.17. The molecule has 1 aliphatic heterocycles. The maximum atomic E-state index is 12.0. The van der Waals surface area contributed by atoms with Crippen molar-refractivity contribution in [1.82, 2.24) is 5.32 Å². The lowest BCUT2D eigenvalue weighted by Gasteiger charge is -2.08. The number of benzene rings is 1. The highest BCUT2D eigenvalue weighted by atomic mass is 32.2. The Morgan fingerprint density at radius 3 is 2.74 bits per heavy atom. The van der Waals surface area contributed by atoms with Crippen LogP contribution in [0, 0.1) is 0 Å². The lowest BCUT2D eigenvalue weighted by Crippen LogP contribution is -2.28. The lowest BCUT2D eigenvalue weighted by molar-refractivity contribution is -0.122. The van der Waals surface area contributed by atoms with E-state index >= 15 is 0 Å². The zero-order chi connectivity index (χ0) is 16.7. The van der Waals surface area contributed by atoms with Crippen LogP contribution in [0.2, 0.25) is 0 Å². The van der Waals surface area contributed by atoms with Crippen LogP contribution in [-0.4, -0.2) is 49.6 Å². The van der Waals surface area contributed by atoms with Crippen molar-refractivity contribution in [3.8, 4) is 5.75 Å². The summed E-state index contributed by atoms with van der Waals surface area (Å²) in [6.45, 7) is 0.965. The van der Waals surface area contributed by atoms with Gasteiger partial charge in [-0.25, -0.2) is 0 Å². The monoisotopic (exact) mass is 337 g/mol. The van der Waals surface area contributed by atoms with Crippen molar-refractivity contribution in [2.24, 2.45) is 4.99 Å². The van der Waals surface area contributed by atoms with Gasteiger partial charge in [0.1, 0.15) is 11.0 Å². The Morgan fingerprint density at radius 2 is 2.09 bits per heavy atom. The number of carbonyl (C=O) groups is 2. The average molecular weight is 337 g/mol. The number of thioether (sulfide) groups is 1. The Hall–Kier alpha value is -2.06. The van der Waals surface area contributed by atoms with Crippen LogP contribution in [0.15, 0.2) is 29.3 Å². The molecule has 2 amide bonds. The Balaban J connectivity index is 1.84. The first-order valence-electron chi connectivity index (χ1n) is 7.07. The van der Waals surface area contributed by atoms with Crippen LogP contribution in [0.5, 0.6) is 5.75 Å². The molecule has 7 nitrogen and oxygen atoms in total. The molecule has 1 aromatic rings. The van der Waals surface area contributed by atoms with E-state index in [2.05, 4.69) is 15.6 Å². The first kappa shape index (κ1) is 17.3. The molecule has 1 unspecified atom stereocenters. The Kier molecular flexibility index (Phi) is 6.42. The van der Waals surface area contributed by atoms with Crippen LogP contribution >= 0.6 is 11.8 Å². The minimum Gasteiger partial charge on any atom is -0.497 e. The SMILES string of the molecule is COCCN=C1NC(=O)C(CC(=O)Nc2ccc(OC)cc2)S1. The van der Waals surface area contributed by atoms with E-state index in [1.54, 1.807) is 38.5 Å². The number of aliphatic imine (C=N–C) groups is 1. The molecule has 1 aromatic carbocycles. The fourth-order valence-corrected chi connectivity index (χ4v) is 2.90. The number of rotatable bonds is 7. The number of nitrogens with one attached hydrogen (secondary N) is 2. The lowest BCUT2D eigenvalue weighted by atomic mass is 10.2. The van der Waals surface area contributed by atoms with E-state index in [1.807, 2.05) is 0 Å². The molecular formula is C15H19N3O4S. The van der Waals surface area contributed by atoms with Crippen molar-refractivity contribution in [3.63, 3.8) is 0 Å². The number of amides is 2. The van der Waals surface area contributed by atoms with Crippen molar-refractivity contribution in [1.29, 1.82) is 0 Å². The van der Waals surface area contributed by atoms with E-state index in [1.165, 1.54) is 11.8 Å². The third-order valence-electron chi connectivity index (χ3n) is 3.07. The van der Waals surface area contributed by atoms with Gasteiger partial charge in [-0.15, -0.1) is 0 Å². The van der Waals surface area contributed by atoms with Crippen LogP contribution in [0.25, 0.3) is 0 Å². The Bertz CT molecular complexity index is 589. The van der Waals surface area contributed by atoms with Gasteiger partial charge in [0.2, 0.25) is 11.8 Å². The minimum atomic E-state index is -0.463. The largest absolute Gasteiger partial charge is 0.497 e. The van der Waals surface area contributed by atoms with Gasteiger partial charge in [0.15, 0.2) is 5.17 Å². The molecule has 23 heavy (non-hydrogen) atoms. The predicted octanol–water partition coefficient (Wildman–Crippen LogP) is 1.26. The number of methoxy groups -OCH3 is 2. The first-order valence-corrected chi connectivity index (χ1v) is 7.95. The molecule has 2 N–H and O–H groups in total. The number of ether oxygens (including phenoxy) is 2. The van der Waals surface area contributed by atoms with Crippen LogP contribution < -0.4 is 15.4 Å². The van der Waals surface area contributed by atoms with Gasteiger partial charge < -0.3 is 20.1 Å². The quantitative estimate of drug-likeness (QED) is 0.731. The predicted molar refractivity (Wildman–Crippen MR) is 89.9 cm³/mol. The van der Waals surface area contributed by atoms with Gasteiger partial charge in [0.05, 0.1) is 20.3 Å². The average Bonchev–Trinajstić information content (AvgIpc) is 2.88. The summed E-state index contributed by atoms with van der Waals surface area (Å²) >= 11 is 1.27. The smallest absolute Gasteiger partial charge is 0.240 e. The summed E-state index contributed by atoms with van der Waals surface area (Å²) in [5.41, 5.74) is 0.660. The van der Waals surface area contributed by atoms with Gasteiger partial charge in [0, 0.05) is 19.2 Å². The summed E-state index contributed by atoms with van der Waals surface area (Å²) in [4.78, 5) is 28.1. The second-order valence-electron chi connectivity index (χ2n) is 4.76. The molecule has 0 aliphatic carbocycles. The number of anilines is 1. The Labute approximate surface area is 138 Å². The third kappa shape index (κ3) is 5.26. The molecule has 1 aliphatic rings. The van der Waals surface area contributed by atoms with Crippen LogP contribution in [-0.2, 0) is 14.3 Å². The first-order chi connectivity index (χ1) is 11.1. The number of carbonyl (C=O) groups excluding carboxylic acids is 2. The minimum absolute atomic E-state index is 0.0891. The standard InChI is InChI=1S/C15H19N3O4S/c1-21-8-7-16-15-18-14(20)12(23-15)9-13(19)17-10-3-5-11(22-2)6-4-10/h3-6,12H,7-9H2,1-2H3,(H,17,19)(H,16,18,20). The molecule has 8 heteroatoms. The fourth-order valence-electron chi connectivity index (χ4n) is 1.91. The number of hydrogen-bond acceptors (Lipinski definition) is 6. The number of hydrogen-bond donors (Lipinski definition) is 2. The molecule has 0 radical (unpaired) electrons. The molecule has 1 fully saturated rings. The molecule has 0 aromatic heterocycles. The van der Waals surface area contributed by atoms with Crippen molar-refractivity contribution in [2.45, 2.75) is 11.7 Å². The van der Waals surface area contributed by atoms with Crippen LogP contribution in [0.3, 0.4) is 0 Å². The molecule has 0 saturated carbocycles. The molecule has 124 valence electrons. The molecule has 0 bridgehead atoms. The maximum absolute atomic E-state index is 12.0. The van der Waals surface area contributed by atoms with E-state index in [9.17, 15) is 9.59 Å². The number of nitrogens with zero attached hydrogens (tertiary/aromatic N) is 1. The highest BCUT2D eigenvalue weighted by molar-refractivity contribution is 8.15. The van der Waals surface area contributed by atoms with E-state index in [0.717, 1.165) is 0 Å². The van der Waals surface area contributed by atoms with E-state index in [-0.39, 0.29) is 18.2 Å². The molecule has 1 saturated heterocycles. The summed E-state index contributed by atoms with van der Waals surface area (Å²) in [5, 5.41) is 5.50. The Morgan fingerprint density at radius 1 is 1.35 bits per heavy atom. The molecule has 0 spiro atoms. The van der Waals surface area contributed by atoms with Gasteiger partial charge in [-0.1, -0.05) is 11.8 Å². The topological polar surface area (TPSA) is 89.0 Å². The fraction of sp³-hybridized carbons (Fsp3) is 0.400. The normalized spacial score (nSPS) is 18.8. The summed E-state index contributed by atoms with van der Waals surface area (Å²) < 4.78 is 9.96. The van der Waals surface area contributed by atoms with E-state index in [4.69, 9.17) is 9.47 Å². The van der Waals surface area contributed by atoms with Gasteiger partial charge in [-0.2, -0.15) is 0 Å². The van der Waals surface area contributed by atoms with E-state index in [0.29, 0.717) is 29.8 Å². The summed E-state index contributed by atoms with van der Waals surface area (Å²) in [6.07, 6.45) is 0.0891. The van der Waals surface area contributed by atoms with Crippen molar-refractivity contribution < 1.29 is 19.1 Å². The molecule has 2 rings (SSSR count). The van der Waals surface area contributed by atoms with Crippen molar-refractivity contribution >= 4 is 34.4 Å². The molecule has 1 heterocycles. The maximum Gasteiger partial charge on any atom is 0.240 e. The van der Waals surface area contributed by atoms with Crippen molar-refractivity contribution in [2.75, 3.05) is 32.7 Å². The zero-order valence-electron chi connectivity index (χ0n) is 13.0. The summed E-state index contributed by atoms with van der Waals surface area (Å²) in [6, 6.07) is 7.01. The van der Waals surface area contributed by atoms with E-state index < -0.39 is 5.25 Å². The van der Waals surface area contributed by atoms with Gasteiger partial charge in [-0.05, 0) is 24.3 Å². The second-order valence-corrected chi connectivity index (χ2v) is 5.95. The van der Waals surface area contributed by atoms with Gasteiger partial charge >= 0.3 is 0 Å². The molecule has 1 atom stereocenters. The van der Waals surface area contributed by atoms with Gasteiger partial charge in [0.25, 0.3) is 0 Å². The zero-order valence-corrected chi connectivity index (χ0v) is 13.8. The molecular weight excluding hydrogens is 318 g/mol. The second kappa shape index (κ2) is 8.54. The highest BCUT2D eigenvalue weighted by Gasteiger charge is 2.31. The van der Waals surface area contributed by atoms with Crippen LogP contribution in [0.1, 0.15) is 6.42 Å². The summed E-state index contributed by atoms with van der Waals surface area (Å²) in [5.74, 6) is 0.294. The third-order valence-corrected chi connectivity index (χ3v) is 4.19. The highest BCUT2D eigenvalue weighted by Crippen LogP contribution is 2.23. The van der Waals surface area contributed by atoms with Crippen LogP contribution in [0.4, 0.5) is 5.69 Å². The van der Waals surface area contributed by atoms with Gasteiger partial charge in [-0.3, -0.25) is 14.6 Å².